The van der Waals surface area contributed by atoms with Gasteiger partial charge in [0.2, 0.25) is 0 Å². The third kappa shape index (κ3) is 4.50. The van der Waals surface area contributed by atoms with Crippen molar-refractivity contribution in [2.75, 3.05) is 16.8 Å². The molecule has 0 aliphatic carbocycles. The summed E-state index contributed by atoms with van der Waals surface area (Å²) >= 11 is 5.96. The smallest absolute Gasteiger partial charge is 0.255 e. The van der Waals surface area contributed by atoms with Crippen molar-refractivity contribution >= 4 is 38.9 Å². The molecule has 1 amide bonds. The average Bonchev–Trinajstić information content (AvgIpc) is 3.05. The van der Waals surface area contributed by atoms with E-state index in [-0.39, 0.29) is 23.6 Å². The second-order valence-corrected chi connectivity index (χ2v) is 9.78. The van der Waals surface area contributed by atoms with Crippen LogP contribution < -0.4 is 15.8 Å². The Morgan fingerprint density at radius 1 is 1.23 bits per heavy atom. The third-order valence-corrected chi connectivity index (χ3v) is 7.08. The Kier molecular flexibility index (Phi) is 5.60. The van der Waals surface area contributed by atoms with E-state index in [1.54, 1.807) is 30.3 Å². The second kappa shape index (κ2) is 8.20. The van der Waals surface area contributed by atoms with Gasteiger partial charge in [-0.1, -0.05) is 23.7 Å². The molecule has 2 heterocycles. The van der Waals surface area contributed by atoms with Gasteiger partial charge in [0.15, 0.2) is 21.4 Å². The lowest BCUT2D eigenvalue weighted by Gasteiger charge is -2.17. The highest BCUT2D eigenvalue weighted by molar-refractivity contribution is 7.91. The number of sulfone groups is 1. The number of aryl methyl sites for hydroxylation is 1. The summed E-state index contributed by atoms with van der Waals surface area (Å²) in [6, 6.07) is 13.5. The largest absolute Gasteiger partial charge is 0.482 e. The number of carbonyl (C=O) groups excluding carboxylic acids is 1. The third-order valence-electron chi connectivity index (χ3n) is 5.06. The van der Waals surface area contributed by atoms with Gasteiger partial charge in [0, 0.05) is 23.5 Å². The van der Waals surface area contributed by atoms with E-state index in [0.29, 0.717) is 38.9 Å². The van der Waals surface area contributed by atoms with Crippen molar-refractivity contribution in [2.24, 2.45) is 0 Å². The van der Waals surface area contributed by atoms with Gasteiger partial charge in [-0.25, -0.2) is 13.4 Å². The molecule has 160 valence electrons. The summed E-state index contributed by atoms with van der Waals surface area (Å²) in [4.78, 5) is 17.0. The molecule has 9 heteroatoms. The van der Waals surface area contributed by atoms with Crippen molar-refractivity contribution in [1.82, 2.24) is 4.98 Å². The first-order chi connectivity index (χ1) is 14.7. The summed E-state index contributed by atoms with van der Waals surface area (Å²) < 4.78 is 29.8. The Morgan fingerprint density at radius 2 is 2.03 bits per heavy atom. The molecule has 0 bridgehead atoms. The number of nitrogens with zero attached hydrogens (tertiary/aromatic N) is 1. The number of hydrogen-bond donors (Lipinski definition) is 2. The molecule has 4 rings (SSSR count). The minimum absolute atomic E-state index is 0.0833. The van der Waals surface area contributed by atoms with Gasteiger partial charge in [0.1, 0.15) is 6.10 Å². The van der Waals surface area contributed by atoms with Gasteiger partial charge >= 0.3 is 0 Å². The average molecular weight is 458 g/mol. The van der Waals surface area contributed by atoms with E-state index in [0.717, 1.165) is 5.56 Å². The van der Waals surface area contributed by atoms with Crippen LogP contribution in [0.15, 0.2) is 59.6 Å². The van der Waals surface area contributed by atoms with Crippen LogP contribution in [-0.4, -0.2) is 25.1 Å². The van der Waals surface area contributed by atoms with Crippen LogP contribution in [0.25, 0.3) is 0 Å². The van der Waals surface area contributed by atoms with Gasteiger partial charge < -0.3 is 15.8 Å². The quantitative estimate of drug-likeness (QED) is 0.598. The molecule has 31 heavy (non-hydrogen) atoms. The number of fused-ring (bicyclic) bond motifs is 1. The number of amides is 1. The Labute approximate surface area is 185 Å². The number of nitrogens with one attached hydrogen (secondary N) is 1. The van der Waals surface area contributed by atoms with Crippen molar-refractivity contribution in [3.8, 4) is 5.75 Å². The highest BCUT2D eigenvalue weighted by atomic mass is 35.5. The number of rotatable bonds is 5. The maximum Gasteiger partial charge on any atom is 0.255 e. The topological polar surface area (TPSA) is 111 Å². The van der Waals surface area contributed by atoms with Crippen LogP contribution in [0.1, 0.15) is 34.5 Å². The fourth-order valence-electron chi connectivity index (χ4n) is 3.43. The normalized spacial score (nSPS) is 15.2. The standard InChI is InChI=1S/C22H20ClN3O4S/c1-13(30-19-11-17(23)12-25-21(19)24)14-3-2-4-18(10-14)26-22(27)16-5-6-20-15(9-16)7-8-31(20,28)29/h2-6,9-13H,7-8H2,1H3,(H2,24,25)(H,26,27). The number of benzene rings is 2. The molecule has 0 saturated heterocycles. The number of anilines is 2. The predicted octanol–water partition coefficient (Wildman–Crippen LogP) is 4.04. The molecule has 3 aromatic rings. The fraction of sp³-hybridized carbons (Fsp3) is 0.182. The van der Waals surface area contributed by atoms with E-state index in [2.05, 4.69) is 10.3 Å². The van der Waals surface area contributed by atoms with Gasteiger partial charge in [-0.3, -0.25) is 4.79 Å². The molecular weight excluding hydrogens is 438 g/mol. The molecular formula is C22H20ClN3O4S. The first-order valence-electron chi connectivity index (χ1n) is 9.57. The molecule has 3 N–H and O–H groups in total. The summed E-state index contributed by atoms with van der Waals surface area (Å²) in [5, 5.41) is 3.26. The van der Waals surface area contributed by atoms with E-state index in [1.807, 2.05) is 13.0 Å². The SMILES string of the molecule is CC(Oc1cc(Cl)cnc1N)c1cccc(NC(=O)c2ccc3c(c2)CCS3(=O)=O)c1. The molecule has 0 saturated carbocycles. The predicted molar refractivity (Wildman–Crippen MR) is 119 cm³/mol. The fourth-order valence-corrected chi connectivity index (χ4v) is 5.12. The molecule has 1 atom stereocenters. The Morgan fingerprint density at radius 3 is 2.84 bits per heavy atom. The maximum absolute atomic E-state index is 12.7. The Bertz CT molecular complexity index is 1280. The lowest BCUT2D eigenvalue weighted by atomic mass is 10.1. The lowest BCUT2D eigenvalue weighted by Crippen LogP contribution is -2.13. The van der Waals surface area contributed by atoms with Gasteiger partial charge in [0.05, 0.1) is 15.7 Å². The van der Waals surface area contributed by atoms with Crippen LogP contribution >= 0.6 is 11.6 Å². The van der Waals surface area contributed by atoms with Crippen LogP contribution in [0.4, 0.5) is 11.5 Å². The van der Waals surface area contributed by atoms with Crippen LogP contribution in [-0.2, 0) is 16.3 Å². The summed E-state index contributed by atoms with van der Waals surface area (Å²) in [6.07, 6.45) is 1.49. The molecule has 0 fully saturated rings. The molecule has 7 nitrogen and oxygen atoms in total. The van der Waals surface area contributed by atoms with Crippen molar-refractivity contribution in [3.63, 3.8) is 0 Å². The summed E-state index contributed by atoms with van der Waals surface area (Å²) in [5.74, 6) is 0.378. The zero-order chi connectivity index (χ0) is 22.2. The number of nitrogens with two attached hydrogens (primary N) is 1. The van der Waals surface area contributed by atoms with Crippen LogP contribution in [0.2, 0.25) is 5.02 Å². The second-order valence-electron chi connectivity index (χ2n) is 7.27. The maximum atomic E-state index is 12.7. The molecule has 1 aromatic heterocycles. The summed E-state index contributed by atoms with van der Waals surface area (Å²) in [5.41, 5.74) is 8.33. The van der Waals surface area contributed by atoms with Crippen LogP contribution in [0, 0.1) is 0 Å². The Balaban J connectivity index is 1.50. The number of halogens is 1. The number of pyridine rings is 1. The van der Waals surface area contributed by atoms with E-state index in [1.165, 1.54) is 18.3 Å². The van der Waals surface area contributed by atoms with Crippen LogP contribution in [0.5, 0.6) is 5.75 Å². The monoisotopic (exact) mass is 457 g/mol. The van der Waals surface area contributed by atoms with E-state index < -0.39 is 9.84 Å². The summed E-state index contributed by atoms with van der Waals surface area (Å²) in [6.45, 7) is 1.85. The minimum Gasteiger partial charge on any atom is -0.482 e. The van der Waals surface area contributed by atoms with Gasteiger partial charge in [-0.2, -0.15) is 0 Å². The zero-order valence-electron chi connectivity index (χ0n) is 16.6. The molecule has 1 aliphatic rings. The lowest BCUT2D eigenvalue weighted by molar-refractivity contribution is 0.102. The van der Waals surface area contributed by atoms with Crippen molar-refractivity contribution in [1.29, 1.82) is 0 Å². The summed E-state index contributed by atoms with van der Waals surface area (Å²) in [7, 11) is -3.22. The minimum atomic E-state index is -3.22. The molecule has 2 aromatic carbocycles. The van der Waals surface area contributed by atoms with Crippen molar-refractivity contribution < 1.29 is 17.9 Å². The molecule has 1 unspecified atom stereocenters. The number of ether oxygens (including phenoxy) is 1. The van der Waals surface area contributed by atoms with Gasteiger partial charge in [0.25, 0.3) is 5.91 Å². The number of carbonyl (C=O) groups is 1. The number of aromatic nitrogens is 1. The number of hydrogen-bond acceptors (Lipinski definition) is 6. The first-order valence-corrected chi connectivity index (χ1v) is 11.6. The van der Waals surface area contributed by atoms with Crippen molar-refractivity contribution in [2.45, 2.75) is 24.3 Å². The highest BCUT2D eigenvalue weighted by Crippen LogP contribution is 2.30. The Hall–Kier alpha value is -3.10. The van der Waals surface area contributed by atoms with E-state index >= 15 is 0 Å². The molecule has 0 spiro atoms. The molecule has 1 aliphatic heterocycles. The highest BCUT2D eigenvalue weighted by Gasteiger charge is 2.26. The number of nitrogen functional groups attached to an aromatic ring is 1. The van der Waals surface area contributed by atoms with Crippen LogP contribution in [0.3, 0.4) is 0 Å². The van der Waals surface area contributed by atoms with E-state index in [9.17, 15) is 13.2 Å². The van der Waals surface area contributed by atoms with Gasteiger partial charge in [-0.05, 0) is 54.8 Å². The van der Waals surface area contributed by atoms with Gasteiger partial charge in [-0.15, -0.1) is 0 Å². The van der Waals surface area contributed by atoms with Crippen molar-refractivity contribution in [3.05, 3.63) is 76.4 Å². The zero-order valence-corrected chi connectivity index (χ0v) is 18.2. The first kappa shape index (κ1) is 21.1. The molecule has 0 radical (unpaired) electrons. The van der Waals surface area contributed by atoms with E-state index in [4.69, 9.17) is 22.1 Å².